The van der Waals surface area contributed by atoms with Gasteiger partial charge in [0.2, 0.25) is 0 Å². The van der Waals surface area contributed by atoms with E-state index in [0.717, 1.165) is 16.7 Å². The van der Waals surface area contributed by atoms with Crippen LogP contribution in [-0.2, 0) is 5.41 Å². The van der Waals surface area contributed by atoms with E-state index in [2.05, 4.69) is 172 Å². The molecule has 0 saturated carbocycles. The Morgan fingerprint density at radius 2 is 0.897 bits per heavy atom. The van der Waals surface area contributed by atoms with E-state index in [4.69, 9.17) is 15.0 Å². The molecular weight excluding hydrogens is 723 g/mol. The summed E-state index contributed by atoms with van der Waals surface area (Å²) in [5.41, 5.74) is 10.5. The maximum atomic E-state index is 5.33. The van der Waals surface area contributed by atoms with Gasteiger partial charge in [0.05, 0.1) is 0 Å². The van der Waals surface area contributed by atoms with Gasteiger partial charge < -0.3 is 0 Å². The Bertz CT molecular complexity index is 3450. The van der Waals surface area contributed by atoms with Gasteiger partial charge >= 0.3 is 0 Å². The third kappa shape index (κ3) is 4.95. The minimum Gasteiger partial charge on any atom is -0.208 e. The predicted molar refractivity (Wildman–Crippen MR) is 245 cm³/mol. The second kappa shape index (κ2) is 12.5. The highest BCUT2D eigenvalue weighted by molar-refractivity contribution is 7.26. The summed E-state index contributed by atoms with van der Waals surface area (Å²) in [5.74, 6) is 1.96. The maximum absolute atomic E-state index is 5.33. The van der Waals surface area contributed by atoms with Gasteiger partial charge in [0.25, 0.3) is 0 Å². The van der Waals surface area contributed by atoms with Crippen molar-refractivity contribution in [3.63, 3.8) is 0 Å². The summed E-state index contributed by atoms with van der Waals surface area (Å²) < 4.78 is 2.48. The van der Waals surface area contributed by atoms with Crippen molar-refractivity contribution < 1.29 is 0 Å². The molecule has 58 heavy (non-hydrogen) atoms. The number of rotatable bonds is 4. The van der Waals surface area contributed by atoms with E-state index in [0.29, 0.717) is 17.5 Å². The lowest BCUT2D eigenvalue weighted by atomic mass is 9.81. The number of hydrogen-bond acceptors (Lipinski definition) is 4. The molecule has 0 saturated heterocycles. The van der Waals surface area contributed by atoms with Crippen LogP contribution >= 0.6 is 11.3 Å². The molecule has 0 N–H and O–H groups in total. The van der Waals surface area contributed by atoms with Gasteiger partial charge in [-0.15, -0.1) is 11.3 Å². The van der Waals surface area contributed by atoms with Crippen molar-refractivity contribution in [3.05, 3.63) is 187 Å². The number of hydrogen-bond donors (Lipinski definition) is 0. The molecule has 0 atom stereocenters. The fraction of sp³-hybridized carbons (Fsp3) is 0.0556. The lowest BCUT2D eigenvalue weighted by molar-refractivity contribution is 0.660. The van der Waals surface area contributed by atoms with E-state index >= 15 is 0 Å². The first-order chi connectivity index (χ1) is 28.5. The smallest absolute Gasteiger partial charge is 0.164 e. The van der Waals surface area contributed by atoms with E-state index in [-0.39, 0.29) is 5.41 Å². The van der Waals surface area contributed by atoms with E-state index in [1.54, 1.807) is 0 Å². The molecule has 12 rings (SSSR count). The van der Waals surface area contributed by atoms with Crippen LogP contribution in [0.5, 0.6) is 0 Å². The first-order valence-electron chi connectivity index (χ1n) is 19.9. The second-order valence-electron chi connectivity index (χ2n) is 15.9. The monoisotopic (exact) mass is 757 g/mol. The van der Waals surface area contributed by atoms with E-state index in [1.165, 1.54) is 85.9 Å². The summed E-state index contributed by atoms with van der Waals surface area (Å²) in [6.45, 7) is 4.70. The number of aromatic nitrogens is 3. The van der Waals surface area contributed by atoms with Crippen LogP contribution < -0.4 is 0 Å². The Labute approximate surface area is 340 Å². The lowest BCUT2D eigenvalue weighted by Crippen LogP contribution is -2.14. The van der Waals surface area contributed by atoms with Gasteiger partial charge in [-0.05, 0) is 96.0 Å². The molecule has 11 aromatic rings. The quantitative estimate of drug-likeness (QED) is 0.168. The van der Waals surface area contributed by atoms with Crippen molar-refractivity contribution in [2.24, 2.45) is 0 Å². The largest absolute Gasteiger partial charge is 0.208 e. The third-order valence-corrected chi connectivity index (χ3v) is 13.4. The lowest BCUT2D eigenvalue weighted by Gasteiger charge is -2.22. The van der Waals surface area contributed by atoms with Crippen LogP contribution in [0.2, 0.25) is 0 Å². The van der Waals surface area contributed by atoms with Crippen LogP contribution in [0.3, 0.4) is 0 Å². The number of fused-ring (bicyclic) bond motifs is 12. The van der Waals surface area contributed by atoms with E-state index in [9.17, 15) is 0 Å². The molecule has 0 aliphatic heterocycles. The van der Waals surface area contributed by atoms with Gasteiger partial charge in [-0.3, -0.25) is 0 Å². The Kier molecular flexibility index (Phi) is 7.14. The summed E-state index contributed by atoms with van der Waals surface area (Å²) in [6, 6.07) is 63.6. The van der Waals surface area contributed by atoms with Crippen LogP contribution in [0.15, 0.2) is 176 Å². The molecule has 2 aromatic heterocycles. The van der Waals surface area contributed by atoms with Gasteiger partial charge in [0.1, 0.15) is 0 Å². The fourth-order valence-electron chi connectivity index (χ4n) is 9.48. The molecule has 0 fully saturated rings. The number of nitrogens with zero attached hydrogens (tertiary/aromatic N) is 3. The number of benzene rings is 9. The highest BCUT2D eigenvalue weighted by Crippen LogP contribution is 2.51. The average molecular weight is 758 g/mol. The van der Waals surface area contributed by atoms with Crippen molar-refractivity contribution >= 4 is 63.8 Å². The standard InChI is InChI=1S/C54H35N3S/c1-54(2)46-22-12-10-20-41(46)42-27-24-33(30-47(42)54)44-29-35(31-49-50(44)43-21-11-13-23-48(43)58-49)53-56-51(32-14-4-3-5-15-32)55-52(57-53)34-25-26-40-38-18-7-6-16-36(38)37-17-8-9-19-39(37)45(40)28-34/h3-31H,1-2H3. The minimum atomic E-state index is -0.111. The zero-order chi connectivity index (χ0) is 38.5. The van der Waals surface area contributed by atoms with Crippen LogP contribution in [0, 0.1) is 0 Å². The fourth-order valence-corrected chi connectivity index (χ4v) is 10.7. The normalized spacial score (nSPS) is 13.1. The van der Waals surface area contributed by atoms with Crippen molar-refractivity contribution in [3.8, 4) is 56.4 Å². The summed E-state index contributed by atoms with van der Waals surface area (Å²) in [7, 11) is 0. The average Bonchev–Trinajstić information content (AvgIpc) is 3.77. The Balaban J connectivity index is 1.10. The highest BCUT2D eigenvalue weighted by atomic mass is 32.1. The Morgan fingerprint density at radius 1 is 0.345 bits per heavy atom. The summed E-state index contributed by atoms with van der Waals surface area (Å²) in [6.07, 6.45) is 0. The van der Waals surface area contributed by atoms with Gasteiger partial charge in [-0.2, -0.15) is 0 Å². The SMILES string of the molecule is CC1(C)c2ccccc2-c2ccc(-c3cc(-c4nc(-c5ccccc5)nc(-c5ccc6c7ccccc7c7ccccc7c6c5)n4)cc4sc5ccccc5c34)cc21. The molecule has 3 nitrogen and oxygen atoms in total. The van der Waals surface area contributed by atoms with Crippen molar-refractivity contribution in [2.75, 3.05) is 0 Å². The molecule has 0 amide bonds. The predicted octanol–water partition coefficient (Wildman–Crippen LogP) is 14.7. The third-order valence-electron chi connectivity index (χ3n) is 12.3. The molecule has 0 spiro atoms. The van der Waals surface area contributed by atoms with Crippen LogP contribution in [0.25, 0.3) is 109 Å². The maximum Gasteiger partial charge on any atom is 0.164 e. The van der Waals surface area contributed by atoms with Gasteiger partial charge in [-0.1, -0.05) is 159 Å². The molecule has 2 heterocycles. The molecule has 0 radical (unpaired) electrons. The van der Waals surface area contributed by atoms with Crippen LogP contribution in [-0.4, -0.2) is 15.0 Å². The van der Waals surface area contributed by atoms with Crippen molar-refractivity contribution in [2.45, 2.75) is 19.3 Å². The molecule has 0 bridgehead atoms. The van der Waals surface area contributed by atoms with Gasteiger partial charge in [0, 0.05) is 42.3 Å². The molecule has 272 valence electrons. The first-order valence-corrected chi connectivity index (χ1v) is 20.7. The highest BCUT2D eigenvalue weighted by Gasteiger charge is 2.35. The summed E-state index contributed by atoms with van der Waals surface area (Å²) >= 11 is 1.83. The first kappa shape index (κ1) is 33.2. The van der Waals surface area contributed by atoms with Gasteiger partial charge in [0.15, 0.2) is 17.5 Å². The number of thiophene rings is 1. The molecule has 0 unspecified atom stereocenters. The van der Waals surface area contributed by atoms with E-state index in [1.807, 2.05) is 29.5 Å². The molecule has 4 heteroatoms. The van der Waals surface area contributed by atoms with Gasteiger partial charge in [-0.25, -0.2) is 15.0 Å². The van der Waals surface area contributed by atoms with E-state index < -0.39 is 0 Å². The zero-order valence-electron chi connectivity index (χ0n) is 32.0. The molecule has 1 aliphatic carbocycles. The zero-order valence-corrected chi connectivity index (χ0v) is 32.8. The summed E-state index contributed by atoms with van der Waals surface area (Å²) in [4.78, 5) is 15.8. The molecule has 1 aliphatic rings. The Hall–Kier alpha value is -7.01. The van der Waals surface area contributed by atoms with Crippen molar-refractivity contribution in [1.82, 2.24) is 15.0 Å². The Morgan fingerprint density at radius 3 is 1.64 bits per heavy atom. The minimum absolute atomic E-state index is 0.111. The van der Waals surface area contributed by atoms with Crippen LogP contribution in [0.1, 0.15) is 25.0 Å². The molecule has 9 aromatic carbocycles. The topological polar surface area (TPSA) is 38.7 Å². The second-order valence-corrected chi connectivity index (χ2v) is 17.0. The molecular formula is C54H35N3S. The van der Waals surface area contributed by atoms with Crippen molar-refractivity contribution in [1.29, 1.82) is 0 Å². The summed E-state index contributed by atoms with van der Waals surface area (Å²) in [5, 5.41) is 9.90. The van der Waals surface area contributed by atoms with Crippen LogP contribution in [0.4, 0.5) is 0 Å².